The summed E-state index contributed by atoms with van der Waals surface area (Å²) < 4.78 is 0. The van der Waals surface area contributed by atoms with Crippen LogP contribution in [0.2, 0.25) is 0 Å². The zero-order chi connectivity index (χ0) is 21.4. The molecule has 2 bridgehead atoms. The Bertz CT molecular complexity index is 974. The van der Waals surface area contributed by atoms with Gasteiger partial charge in [0.2, 0.25) is 11.9 Å². The molecule has 6 rings (SSSR count). The molecular weight excluding hydrogens is 392 g/mol. The molecule has 8 nitrogen and oxygen atoms in total. The second-order valence-corrected chi connectivity index (χ2v) is 8.60. The average molecular weight is 421 g/mol. The van der Waals surface area contributed by atoms with E-state index in [4.69, 9.17) is 4.98 Å². The third-order valence-corrected chi connectivity index (χ3v) is 6.41. The van der Waals surface area contributed by atoms with Gasteiger partial charge in [0.05, 0.1) is 0 Å². The fraction of sp³-hybridized carbons (Fsp3) is 0.478. The highest BCUT2D eigenvalue weighted by molar-refractivity contribution is 5.94. The van der Waals surface area contributed by atoms with Crippen LogP contribution in [0.5, 0.6) is 0 Å². The highest BCUT2D eigenvalue weighted by Gasteiger charge is 2.45. The quantitative estimate of drug-likeness (QED) is 0.747. The number of benzene rings is 1. The lowest BCUT2D eigenvalue weighted by atomic mass is 9.90. The average Bonchev–Trinajstić information content (AvgIpc) is 3.65. The topological polar surface area (TPSA) is 90.5 Å². The normalized spacial score (nSPS) is 22.4. The number of hydrogen-bond donors (Lipinski definition) is 2. The number of hydrogen-bond acceptors (Lipinski definition) is 6. The minimum atomic E-state index is -0.0818. The first kappa shape index (κ1) is 19.8. The van der Waals surface area contributed by atoms with E-state index in [1.807, 2.05) is 25.1 Å². The van der Waals surface area contributed by atoms with Crippen LogP contribution in [0.4, 0.5) is 17.5 Å². The van der Waals surface area contributed by atoms with E-state index in [2.05, 4.69) is 25.4 Å². The Kier molecular flexibility index (Phi) is 5.21. The van der Waals surface area contributed by atoms with Crippen LogP contribution in [0.25, 0.3) is 0 Å². The number of nitrogens with one attached hydrogen (secondary N) is 2. The number of carbonyl (C=O) groups is 2. The van der Waals surface area contributed by atoms with Gasteiger partial charge in [-0.2, -0.15) is 4.98 Å². The van der Waals surface area contributed by atoms with Crippen LogP contribution >= 0.6 is 0 Å². The molecule has 2 aromatic rings. The molecule has 4 aliphatic rings. The Labute approximate surface area is 182 Å². The zero-order valence-electron chi connectivity index (χ0n) is 17.8. The number of piperidine rings is 2. The van der Waals surface area contributed by atoms with E-state index in [9.17, 15) is 9.59 Å². The number of amides is 2. The minimum Gasteiger partial charge on any atom is -0.352 e. The predicted octanol–water partition coefficient (Wildman–Crippen LogP) is 2.56. The maximum absolute atomic E-state index is 12.6. The van der Waals surface area contributed by atoms with Crippen molar-refractivity contribution in [3.63, 3.8) is 0 Å². The number of fused-ring (bicyclic) bond motifs is 3. The summed E-state index contributed by atoms with van der Waals surface area (Å²) >= 11 is 0. The van der Waals surface area contributed by atoms with Gasteiger partial charge in [-0.15, -0.1) is 0 Å². The van der Waals surface area contributed by atoms with E-state index in [1.54, 1.807) is 18.3 Å². The van der Waals surface area contributed by atoms with Crippen LogP contribution in [-0.2, 0) is 4.79 Å². The van der Waals surface area contributed by atoms with Crippen LogP contribution in [0.1, 0.15) is 43.0 Å². The number of nitrogens with zero attached hydrogens (tertiary/aromatic N) is 4. The second-order valence-electron chi connectivity index (χ2n) is 8.60. The molecule has 1 aromatic heterocycles. The fourth-order valence-electron chi connectivity index (χ4n) is 4.61. The highest BCUT2D eigenvalue weighted by atomic mass is 16.2. The van der Waals surface area contributed by atoms with Gasteiger partial charge < -0.3 is 20.4 Å². The number of anilines is 3. The van der Waals surface area contributed by atoms with Gasteiger partial charge in [-0.05, 0) is 62.9 Å². The molecule has 4 fully saturated rings. The summed E-state index contributed by atoms with van der Waals surface area (Å²) in [6, 6.07) is 9.81. The van der Waals surface area contributed by atoms with Gasteiger partial charge in [0, 0.05) is 55.1 Å². The van der Waals surface area contributed by atoms with E-state index in [1.165, 1.54) is 0 Å². The molecular formula is C23H28N6O2. The van der Waals surface area contributed by atoms with Crippen LogP contribution in [0, 0.1) is 5.92 Å². The molecule has 0 unspecified atom stereocenters. The molecule has 3 saturated heterocycles. The molecule has 4 heterocycles. The Morgan fingerprint density at radius 3 is 2.48 bits per heavy atom. The van der Waals surface area contributed by atoms with Gasteiger partial charge >= 0.3 is 0 Å². The van der Waals surface area contributed by atoms with Crippen molar-refractivity contribution in [3.05, 3.63) is 42.1 Å². The second kappa shape index (κ2) is 8.17. The van der Waals surface area contributed by atoms with E-state index in [0.717, 1.165) is 50.3 Å². The summed E-state index contributed by atoms with van der Waals surface area (Å²) in [5.41, 5.74) is 1.45. The van der Waals surface area contributed by atoms with Crippen molar-refractivity contribution in [2.45, 2.75) is 44.7 Å². The lowest BCUT2D eigenvalue weighted by molar-refractivity contribution is -0.137. The Morgan fingerprint density at radius 2 is 1.81 bits per heavy atom. The van der Waals surface area contributed by atoms with Crippen molar-refractivity contribution in [1.82, 2.24) is 20.2 Å². The molecule has 2 atom stereocenters. The van der Waals surface area contributed by atoms with Crippen LogP contribution in [-0.4, -0.2) is 58.4 Å². The van der Waals surface area contributed by atoms with E-state index in [-0.39, 0.29) is 17.9 Å². The number of piperazine rings is 1. The van der Waals surface area contributed by atoms with Crippen molar-refractivity contribution in [1.29, 1.82) is 0 Å². The Morgan fingerprint density at radius 1 is 1.03 bits per heavy atom. The van der Waals surface area contributed by atoms with Gasteiger partial charge in [-0.1, -0.05) is 0 Å². The molecule has 2 N–H and O–H groups in total. The summed E-state index contributed by atoms with van der Waals surface area (Å²) in [7, 11) is 0. The van der Waals surface area contributed by atoms with Crippen molar-refractivity contribution < 1.29 is 9.59 Å². The lowest BCUT2D eigenvalue weighted by Crippen LogP contribution is -2.64. The van der Waals surface area contributed by atoms with Gasteiger partial charge in [0.25, 0.3) is 5.91 Å². The number of carbonyl (C=O) groups excluding carboxylic acids is 2. The summed E-state index contributed by atoms with van der Waals surface area (Å²) in [5, 5.41) is 6.02. The molecule has 162 valence electrons. The fourth-order valence-corrected chi connectivity index (χ4v) is 4.61. The van der Waals surface area contributed by atoms with Crippen LogP contribution in [0.3, 0.4) is 0 Å². The third-order valence-electron chi connectivity index (χ3n) is 6.41. The van der Waals surface area contributed by atoms with Gasteiger partial charge in [0.15, 0.2) is 0 Å². The smallest absolute Gasteiger partial charge is 0.251 e. The Balaban J connectivity index is 1.27. The monoisotopic (exact) mass is 420 g/mol. The molecule has 1 saturated carbocycles. The SMILES string of the molecule is CCNC(=O)c1ccc(Nc2nccc(N3C[C@@H]4CC[C@H]3CN4C(=O)C3CC3)n2)cc1. The summed E-state index contributed by atoms with van der Waals surface area (Å²) in [4.78, 5) is 38.1. The largest absolute Gasteiger partial charge is 0.352 e. The maximum atomic E-state index is 12.6. The van der Waals surface area contributed by atoms with E-state index < -0.39 is 0 Å². The molecule has 0 spiro atoms. The van der Waals surface area contributed by atoms with Gasteiger partial charge in [-0.3, -0.25) is 9.59 Å². The standard InChI is InChI=1S/C23H28N6O2/c1-2-24-21(30)15-5-7-17(8-6-15)26-23-25-12-11-20(27-23)28-13-19-10-9-18(28)14-29(19)22(31)16-3-4-16/h5-8,11-12,16,18-19H,2-4,9-10,13-14H2,1H3,(H,24,30)(H,25,26,27)/t18-,19-/m0/s1. The van der Waals surface area contributed by atoms with Crippen molar-refractivity contribution in [3.8, 4) is 0 Å². The van der Waals surface area contributed by atoms with Gasteiger partial charge in [0.1, 0.15) is 5.82 Å². The predicted molar refractivity (Wildman–Crippen MR) is 118 cm³/mol. The highest BCUT2D eigenvalue weighted by Crippen LogP contribution is 2.37. The molecule has 3 aliphatic heterocycles. The van der Waals surface area contributed by atoms with Crippen molar-refractivity contribution in [2.24, 2.45) is 5.92 Å². The zero-order valence-corrected chi connectivity index (χ0v) is 17.8. The van der Waals surface area contributed by atoms with E-state index in [0.29, 0.717) is 30.0 Å². The molecule has 31 heavy (non-hydrogen) atoms. The van der Waals surface area contributed by atoms with Gasteiger partial charge in [-0.25, -0.2) is 4.98 Å². The first-order chi connectivity index (χ1) is 15.1. The third kappa shape index (κ3) is 4.06. The van der Waals surface area contributed by atoms with Crippen LogP contribution < -0.4 is 15.5 Å². The molecule has 1 aromatic carbocycles. The minimum absolute atomic E-state index is 0.0818. The Hall–Kier alpha value is -3.16. The molecule has 2 amide bonds. The lowest BCUT2D eigenvalue weighted by Gasteiger charge is -2.52. The van der Waals surface area contributed by atoms with Crippen molar-refractivity contribution >= 4 is 29.3 Å². The number of rotatable bonds is 6. The maximum Gasteiger partial charge on any atom is 0.251 e. The van der Waals surface area contributed by atoms with Crippen LogP contribution in [0.15, 0.2) is 36.5 Å². The molecule has 0 radical (unpaired) electrons. The molecule has 1 aliphatic carbocycles. The summed E-state index contributed by atoms with van der Waals surface area (Å²) in [6.07, 6.45) is 6.05. The summed E-state index contributed by atoms with van der Waals surface area (Å²) in [5.74, 6) is 1.97. The summed E-state index contributed by atoms with van der Waals surface area (Å²) in [6.45, 7) is 4.13. The van der Waals surface area contributed by atoms with Crippen molar-refractivity contribution in [2.75, 3.05) is 29.9 Å². The first-order valence-corrected chi connectivity index (χ1v) is 11.2. The number of aromatic nitrogens is 2. The first-order valence-electron chi connectivity index (χ1n) is 11.2. The molecule has 8 heteroatoms. The van der Waals surface area contributed by atoms with E-state index >= 15 is 0 Å².